The van der Waals surface area contributed by atoms with Crippen LogP contribution in [0.1, 0.15) is 12.5 Å². The highest BCUT2D eigenvalue weighted by molar-refractivity contribution is 14.1. The molecule has 5 nitrogen and oxygen atoms in total. The largest absolute Gasteiger partial charge is 0.325 e. The van der Waals surface area contributed by atoms with Crippen LogP contribution in [0.3, 0.4) is 0 Å². The predicted octanol–water partition coefficient (Wildman–Crippen LogP) is 5.28. The van der Waals surface area contributed by atoms with Gasteiger partial charge in [-0.25, -0.2) is 4.98 Å². The number of amides is 1. The first-order valence-corrected chi connectivity index (χ1v) is 11.9. The Morgan fingerprint density at radius 2 is 1.74 bits per heavy atom. The summed E-state index contributed by atoms with van der Waals surface area (Å²) in [4.78, 5) is 30.5. The normalized spacial score (nSPS) is 10.9. The van der Waals surface area contributed by atoms with Crippen LogP contribution < -0.4 is 10.9 Å². The summed E-state index contributed by atoms with van der Waals surface area (Å²) in [5, 5.41) is 3.93. The van der Waals surface area contributed by atoms with E-state index in [9.17, 15) is 9.59 Å². The first-order chi connectivity index (χ1) is 15.0. The number of hydrogen-bond donors (Lipinski definition) is 1. The smallest absolute Gasteiger partial charge is 0.266 e. The van der Waals surface area contributed by atoms with E-state index in [1.54, 1.807) is 10.6 Å². The van der Waals surface area contributed by atoms with Crippen molar-refractivity contribution in [2.45, 2.75) is 18.5 Å². The number of anilines is 1. The van der Waals surface area contributed by atoms with Crippen molar-refractivity contribution in [2.75, 3.05) is 11.1 Å². The molecular weight excluding hydrogens is 521 g/mol. The van der Waals surface area contributed by atoms with Crippen LogP contribution in [0.15, 0.2) is 82.7 Å². The molecule has 4 aromatic rings. The van der Waals surface area contributed by atoms with Crippen LogP contribution in [0.4, 0.5) is 5.69 Å². The molecule has 4 rings (SSSR count). The van der Waals surface area contributed by atoms with Gasteiger partial charge in [0, 0.05) is 9.26 Å². The lowest BCUT2D eigenvalue weighted by Gasteiger charge is -2.13. The summed E-state index contributed by atoms with van der Waals surface area (Å²) in [7, 11) is 0. The molecule has 156 valence electrons. The van der Waals surface area contributed by atoms with Gasteiger partial charge < -0.3 is 5.32 Å². The number of nitrogens with zero attached hydrogens (tertiary/aromatic N) is 2. The van der Waals surface area contributed by atoms with E-state index < -0.39 is 0 Å². The quantitative estimate of drug-likeness (QED) is 0.205. The minimum absolute atomic E-state index is 0.143. The number of thioether (sulfide) groups is 1. The summed E-state index contributed by atoms with van der Waals surface area (Å²) < 4.78 is 2.69. The molecule has 1 amide bonds. The lowest BCUT2D eigenvalue weighted by atomic mass is 10.1. The molecule has 7 heteroatoms. The number of hydrogen-bond acceptors (Lipinski definition) is 4. The fraction of sp³-hybridized carbons (Fsp3) is 0.125. The maximum absolute atomic E-state index is 13.3. The van der Waals surface area contributed by atoms with Crippen LogP contribution in [0.25, 0.3) is 16.6 Å². The number of aryl methyl sites for hydroxylation is 1. The fourth-order valence-corrected chi connectivity index (χ4v) is 4.35. The van der Waals surface area contributed by atoms with Crippen LogP contribution in [-0.2, 0) is 11.2 Å². The van der Waals surface area contributed by atoms with Gasteiger partial charge in [0.2, 0.25) is 5.91 Å². The summed E-state index contributed by atoms with van der Waals surface area (Å²) in [6.45, 7) is 2.09. The van der Waals surface area contributed by atoms with Crippen molar-refractivity contribution in [3.05, 3.63) is 92.3 Å². The molecule has 0 aliphatic carbocycles. The van der Waals surface area contributed by atoms with Crippen LogP contribution in [0, 0.1) is 3.57 Å². The Labute approximate surface area is 198 Å². The van der Waals surface area contributed by atoms with Gasteiger partial charge >= 0.3 is 0 Å². The van der Waals surface area contributed by atoms with E-state index in [2.05, 4.69) is 34.8 Å². The Morgan fingerprint density at radius 3 is 2.45 bits per heavy atom. The Hall–Kier alpha value is -2.65. The van der Waals surface area contributed by atoms with Crippen molar-refractivity contribution < 1.29 is 4.79 Å². The number of carbonyl (C=O) groups is 1. The predicted molar refractivity (Wildman–Crippen MR) is 135 cm³/mol. The van der Waals surface area contributed by atoms with Crippen LogP contribution in [-0.4, -0.2) is 21.2 Å². The van der Waals surface area contributed by atoms with Crippen LogP contribution >= 0.6 is 34.4 Å². The van der Waals surface area contributed by atoms with Crippen LogP contribution in [0.5, 0.6) is 0 Å². The van der Waals surface area contributed by atoms with Crippen molar-refractivity contribution in [1.29, 1.82) is 0 Å². The monoisotopic (exact) mass is 541 g/mol. The lowest BCUT2D eigenvalue weighted by molar-refractivity contribution is -0.113. The second-order valence-corrected chi connectivity index (χ2v) is 9.10. The molecule has 0 unspecified atom stereocenters. The number of rotatable bonds is 6. The fourth-order valence-electron chi connectivity index (χ4n) is 3.18. The second-order valence-electron chi connectivity index (χ2n) is 6.92. The maximum atomic E-state index is 13.3. The molecule has 31 heavy (non-hydrogen) atoms. The highest BCUT2D eigenvalue weighted by atomic mass is 127. The average Bonchev–Trinajstić information content (AvgIpc) is 2.79. The van der Waals surface area contributed by atoms with Gasteiger partial charge in [0.25, 0.3) is 5.56 Å². The second kappa shape index (κ2) is 9.65. The molecule has 1 heterocycles. The van der Waals surface area contributed by atoms with E-state index >= 15 is 0 Å². The van der Waals surface area contributed by atoms with E-state index in [1.807, 2.05) is 66.7 Å². The number of carbonyl (C=O) groups excluding carboxylic acids is 1. The number of nitrogens with one attached hydrogen (secondary N) is 1. The van der Waals surface area contributed by atoms with Gasteiger partial charge in [-0.3, -0.25) is 14.2 Å². The summed E-state index contributed by atoms with van der Waals surface area (Å²) in [6, 6.07) is 22.7. The van der Waals surface area contributed by atoms with Gasteiger partial charge in [0.15, 0.2) is 5.16 Å². The van der Waals surface area contributed by atoms with Crippen molar-refractivity contribution in [3.63, 3.8) is 0 Å². The summed E-state index contributed by atoms with van der Waals surface area (Å²) in [5.74, 6) is -0.00872. The van der Waals surface area contributed by atoms with E-state index in [1.165, 1.54) is 17.3 Å². The lowest BCUT2D eigenvalue weighted by Crippen LogP contribution is -2.23. The SMILES string of the molecule is CCc1ccc(-n2c(SCC(=O)Nc3ccc(I)cc3)nc3ccccc3c2=O)cc1. The minimum atomic E-state index is -0.151. The number of benzene rings is 3. The van der Waals surface area contributed by atoms with E-state index in [0.29, 0.717) is 16.1 Å². The van der Waals surface area contributed by atoms with E-state index in [0.717, 1.165) is 21.4 Å². The molecule has 0 radical (unpaired) electrons. The molecule has 0 saturated carbocycles. The van der Waals surface area contributed by atoms with Gasteiger partial charge in [-0.2, -0.15) is 0 Å². The highest BCUT2D eigenvalue weighted by Crippen LogP contribution is 2.22. The molecule has 0 saturated heterocycles. The van der Waals surface area contributed by atoms with Gasteiger partial charge in [-0.1, -0.05) is 43.0 Å². The molecular formula is C24H20IN3O2S. The van der Waals surface area contributed by atoms with E-state index in [4.69, 9.17) is 4.98 Å². The minimum Gasteiger partial charge on any atom is -0.325 e. The molecule has 0 bridgehead atoms. The number of halogens is 1. The molecule has 0 aliphatic rings. The topological polar surface area (TPSA) is 64.0 Å². The van der Waals surface area contributed by atoms with Crippen LogP contribution in [0.2, 0.25) is 0 Å². The highest BCUT2D eigenvalue weighted by Gasteiger charge is 2.15. The molecule has 0 spiro atoms. The molecule has 0 aliphatic heterocycles. The number of fused-ring (bicyclic) bond motifs is 1. The Bertz CT molecular complexity index is 1290. The van der Waals surface area contributed by atoms with Crippen molar-refractivity contribution in [2.24, 2.45) is 0 Å². The van der Waals surface area contributed by atoms with Gasteiger partial charge in [-0.05, 0) is 83.1 Å². The molecule has 0 atom stereocenters. The summed E-state index contributed by atoms with van der Waals surface area (Å²) in [6.07, 6.45) is 0.922. The zero-order chi connectivity index (χ0) is 21.8. The van der Waals surface area contributed by atoms with Crippen molar-refractivity contribution >= 4 is 56.9 Å². The average molecular weight is 541 g/mol. The summed E-state index contributed by atoms with van der Waals surface area (Å²) in [5.41, 5.74) is 3.15. The third-order valence-corrected chi connectivity index (χ3v) is 6.47. The Balaban J connectivity index is 1.66. The first kappa shape index (κ1) is 21.6. The van der Waals surface area contributed by atoms with Crippen molar-refractivity contribution in [1.82, 2.24) is 9.55 Å². The number of para-hydroxylation sites is 1. The molecule has 3 aromatic carbocycles. The van der Waals surface area contributed by atoms with Gasteiger partial charge in [-0.15, -0.1) is 0 Å². The van der Waals surface area contributed by atoms with Crippen molar-refractivity contribution in [3.8, 4) is 5.69 Å². The zero-order valence-corrected chi connectivity index (χ0v) is 19.8. The maximum Gasteiger partial charge on any atom is 0.266 e. The standard InChI is InChI=1S/C24H20IN3O2S/c1-2-16-7-13-19(14-8-16)28-23(30)20-5-3-4-6-21(20)27-24(28)31-15-22(29)26-18-11-9-17(25)10-12-18/h3-14H,2,15H2,1H3,(H,26,29). The van der Waals surface area contributed by atoms with Gasteiger partial charge in [0.1, 0.15) is 0 Å². The Kier molecular flexibility index (Phi) is 6.72. The number of aromatic nitrogens is 2. The first-order valence-electron chi connectivity index (χ1n) is 9.84. The molecule has 0 fully saturated rings. The summed E-state index contributed by atoms with van der Waals surface area (Å²) >= 11 is 3.47. The zero-order valence-electron chi connectivity index (χ0n) is 16.8. The Morgan fingerprint density at radius 1 is 1.03 bits per heavy atom. The third kappa shape index (κ3) is 4.99. The molecule has 1 aromatic heterocycles. The van der Waals surface area contributed by atoms with E-state index in [-0.39, 0.29) is 17.2 Å². The third-order valence-electron chi connectivity index (χ3n) is 4.81. The van der Waals surface area contributed by atoms with Gasteiger partial charge in [0.05, 0.1) is 22.3 Å². The molecule has 1 N–H and O–H groups in total.